The summed E-state index contributed by atoms with van der Waals surface area (Å²) in [4.78, 5) is 37.3. The standard InChI is InChI=1S/C29H20ClN3O5/c1-36-23-14-18(8-10-22(23)37-16-17-6-3-2-4-7-17)25-24-26(34)20-15-19(30)9-11-21(20)38-27(24)28(35)33(25)29-31-12-5-13-32-29/h2-15,25H,16H2,1H3. The zero-order valence-electron chi connectivity index (χ0n) is 20.1. The van der Waals surface area contributed by atoms with Crippen molar-refractivity contribution in [3.8, 4) is 11.5 Å². The van der Waals surface area contributed by atoms with Crippen LogP contribution in [0.15, 0.2) is 94.4 Å². The second-order valence-corrected chi connectivity index (χ2v) is 9.06. The Bertz CT molecular complexity index is 1720. The second kappa shape index (κ2) is 9.64. The third-order valence-electron chi connectivity index (χ3n) is 6.34. The van der Waals surface area contributed by atoms with Crippen molar-refractivity contribution in [1.29, 1.82) is 0 Å². The summed E-state index contributed by atoms with van der Waals surface area (Å²) in [5.74, 6) is 0.517. The van der Waals surface area contributed by atoms with Crippen LogP contribution in [0.5, 0.6) is 11.5 Å². The summed E-state index contributed by atoms with van der Waals surface area (Å²) in [7, 11) is 1.53. The molecule has 8 nitrogen and oxygen atoms in total. The number of methoxy groups -OCH3 is 1. The van der Waals surface area contributed by atoms with E-state index in [1.54, 1.807) is 36.4 Å². The van der Waals surface area contributed by atoms with Crippen LogP contribution in [-0.4, -0.2) is 23.0 Å². The van der Waals surface area contributed by atoms with Crippen molar-refractivity contribution in [2.75, 3.05) is 12.0 Å². The smallest absolute Gasteiger partial charge is 0.297 e. The Morgan fingerprint density at radius 2 is 1.74 bits per heavy atom. The molecule has 1 unspecified atom stereocenters. The van der Waals surface area contributed by atoms with Crippen molar-refractivity contribution in [2.24, 2.45) is 0 Å². The van der Waals surface area contributed by atoms with Crippen LogP contribution in [0.25, 0.3) is 11.0 Å². The second-order valence-electron chi connectivity index (χ2n) is 8.63. The molecule has 3 heterocycles. The molecule has 3 aromatic carbocycles. The quantitative estimate of drug-likeness (QED) is 0.286. The fraction of sp³-hybridized carbons (Fsp3) is 0.103. The fourth-order valence-electron chi connectivity index (χ4n) is 4.59. The van der Waals surface area contributed by atoms with Gasteiger partial charge in [0.15, 0.2) is 16.9 Å². The van der Waals surface area contributed by atoms with Gasteiger partial charge in [0.2, 0.25) is 11.7 Å². The summed E-state index contributed by atoms with van der Waals surface area (Å²) >= 11 is 6.17. The Balaban J connectivity index is 1.49. The van der Waals surface area contributed by atoms with Crippen LogP contribution in [0.2, 0.25) is 5.02 Å². The number of amides is 1. The molecule has 5 aromatic rings. The molecule has 188 valence electrons. The Hall–Kier alpha value is -4.69. The number of aromatic nitrogens is 2. The molecule has 0 spiro atoms. The number of anilines is 1. The molecule has 0 saturated heterocycles. The van der Waals surface area contributed by atoms with Crippen LogP contribution in [-0.2, 0) is 6.61 Å². The minimum absolute atomic E-state index is 0.0642. The van der Waals surface area contributed by atoms with Crippen molar-refractivity contribution in [3.63, 3.8) is 0 Å². The van der Waals surface area contributed by atoms with E-state index in [-0.39, 0.29) is 33.7 Å². The van der Waals surface area contributed by atoms with E-state index in [2.05, 4.69) is 9.97 Å². The molecule has 38 heavy (non-hydrogen) atoms. The van der Waals surface area contributed by atoms with Gasteiger partial charge in [0.05, 0.1) is 24.1 Å². The van der Waals surface area contributed by atoms with Crippen molar-refractivity contribution in [2.45, 2.75) is 12.6 Å². The van der Waals surface area contributed by atoms with Crippen molar-refractivity contribution < 1.29 is 18.7 Å². The van der Waals surface area contributed by atoms with E-state index >= 15 is 0 Å². The van der Waals surface area contributed by atoms with Gasteiger partial charge in [-0.05, 0) is 47.5 Å². The number of rotatable bonds is 6. The van der Waals surface area contributed by atoms with Crippen LogP contribution in [0.4, 0.5) is 5.95 Å². The average molecular weight is 526 g/mol. The van der Waals surface area contributed by atoms with Crippen LogP contribution in [0.3, 0.4) is 0 Å². The molecule has 1 amide bonds. The minimum Gasteiger partial charge on any atom is -0.493 e. The van der Waals surface area contributed by atoms with E-state index < -0.39 is 11.9 Å². The number of carbonyl (C=O) groups is 1. The highest BCUT2D eigenvalue weighted by atomic mass is 35.5. The van der Waals surface area contributed by atoms with Gasteiger partial charge in [-0.1, -0.05) is 48.0 Å². The topological polar surface area (TPSA) is 94.8 Å². The highest BCUT2D eigenvalue weighted by Gasteiger charge is 2.45. The van der Waals surface area contributed by atoms with Gasteiger partial charge in [0.1, 0.15) is 12.2 Å². The Morgan fingerprint density at radius 3 is 2.50 bits per heavy atom. The lowest BCUT2D eigenvalue weighted by atomic mass is 9.98. The monoisotopic (exact) mass is 525 g/mol. The first-order valence-corrected chi connectivity index (χ1v) is 12.1. The third-order valence-corrected chi connectivity index (χ3v) is 6.58. The van der Waals surface area contributed by atoms with Gasteiger partial charge < -0.3 is 13.9 Å². The summed E-state index contributed by atoms with van der Waals surface area (Å²) in [6, 6.07) is 20.5. The van der Waals surface area contributed by atoms with Crippen molar-refractivity contribution in [1.82, 2.24) is 9.97 Å². The van der Waals surface area contributed by atoms with Crippen LogP contribution in [0.1, 0.15) is 33.3 Å². The zero-order valence-corrected chi connectivity index (χ0v) is 20.9. The maximum Gasteiger partial charge on any atom is 0.297 e. The van der Waals surface area contributed by atoms with Crippen LogP contribution < -0.4 is 19.8 Å². The summed E-state index contributed by atoms with van der Waals surface area (Å²) < 4.78 is 17.6. The normalized spacial score (nSPS) is 14.5. The number of carbonyl (C=O) groups excluding carboxylic acids is 1. The molecular formula is C29H20ClN3O5. The molecule has 0 fully saturated rings. The van der Waals surface area contributed by atoms with Gasteiger partial charge in [-0.25, -0.2) is 9.97 Å². The van der Waals surface area contributed by atoms with Crippen molar-refractivity contribution >= 4 is 34.4 Å². The van der Waals surface area contributed by atoms with E-state index in [1.807, 2.05) is 30.3 Å². The molecule has 1 atom stereocenters. The molecule has 9 heteroatoms. The maximum absolute atomic E-state index is 13.8. The molecule has 0 aliphatic carbocycles. The largest absolute Gasteiger partial charge is 0.493 e. The zero-order chi connectivity index (χ0) is 26.2. The number of hydrogen-bond donors (Lipinski definition) is 0. The van der Waals surface area contributed by atoms with Crippen LogP contribution >= 0.6 is 11.6 Å². The molecule has 1 aliphatic rings. The summed E-state index contributed by atoms with van der Waals surface area (Å²) in [5, 5.41) is 0.662. The lowest BCUT2D eigenvalue weighted by molar-refractivity contribution is 0.0969. The molecule has 0 bridgehead atoms. The summed E-state index contributed by atoms with van der Waals surface area (Å²) in [6.07, 6.45) is 3.06. The lowest BCUT2D eigenvalue weighted by Crippen LogP contribution is -2.31. The number of fused-ring (bicyclic) bond motifs is 2. The predicted molar refractivity (Wildman–Crippen MR) is 142 cm³/mol. The molecule has 6 rings (SSSR count). The number of hydrogen-bond acceptors (Lipinski definition) is 7. The highest BCUT2D eigenvalue weighted by molar-refractivity contribution is 6.31. The summed E-state index contributed by atoms with van der Waals surface area (Å²) in [6.45, 7) is 0.349. The number of benzene rings is 3. The molecular weight excluding hydrogens is 506 g/mol. The molecule has 0 saturated carbocycles. The van der Waals surface area contributed by atoms with Gasteiger partial charge in [-0.15, -0.1) is 0 Å². The third kappa shape index (κ3) is 4.05. The Morgan fingerprint density at radius 1 is 0.947 bits per heavy atom. The Labute approximate surface area is 222 Å². The van der Waals surface area contributed by atoms with Gasteiger partial charge in [-0.3, -0.25) is 14.5 Å². The maximum atomic E-state index is 13.8. The summed E-state index contributed by atoms with van der Waals surface area (Å²) in [5.41, 5.74) is 1.69. The van der Waals surface area contributed by atoms with E-state index in [0.717, 1.165) is 5.56 Å². The van der Waals surface area contributed by atoms with Gasteiger partial charge in [0.25, 0.3) is 5.91 Å². The average Bonchev–Trinajstić information content (AvgIpc) is 3.25. The number of halogens is 1. The first kappa shape index (κ1) is 23.7. The van der Waals surface area contributed by atoms with E-state index in [1.165, 1.54) is 30.5 Å². The van der Waals surface area contributed by atoms with E-state index in [0.29, 0.717) is 28.7 Å². The molecule has 0 N–H and O–H groups in total. The predicted octanol–water partition coefficient (Wildman–Crippen LogP) is 5.57. The number of ether oxygens (including phenoxy) is 2. The van der Waals surface area contributed by atoms with Crippen molar-refractivity contribution in [3.05, 3.63) is 123 Å². The van der Waals surface area contributed by atoms with Gasteiger partial charge in [-0.2, -0.15) is 0 Å². The lowest BCUT2D eigenvalue weighted by Gasteiger charge is -2.24. The van der Waals surface area contributed by atoms with Gasteiger partial charge in [0, 0.05) is 17.4 Å². The molecule has 2 aromatic heterocycles. The van der Waals surface area contributed by atoms with Crippen LogP contribution in [0, 0.1) is 0 Å². The SMILES string of the molecule is COc1cc(C2c3c(oc4ccc(Cl)cc4c3=O)C(=O)N2c2ncccn2)ccc1OCc1ccccc1. The molecule has 1 aliphatic heterocycles. The highest BCUT2D eigenvalue weighted by Crippen LogP contribution is 2.42. The first-order chi connectivity index (χ1) is 18.5. The minimum atomic E-state index is -0.864. The van der Waals surface area contributed by atoms with E-state index in [4.69, 9.17) is 25.5 Å². The first-order valence-electron chi connectivity index (χ1n) is 11.8. The van der Waals surface area contributed by atoms with Gasteiger partial charge >= 0.3 is 0 Å². The molecule has 0 radical (unpaired) electrons. The Kier molecular flexibility index (Phi) is 6.01. The van der Waals surface area contributed by atoms with E-state index in [9.17, 15) is 9.59 Å². The fourth-order valence-corrected chi connectivity index (χ4v) is 4.76. The number of nitrogens with zero attached hydrogens (tertiary/aromatic N) is 3.